The van der Waals surface area contributed by atoms with Gasteiger partial charge in [0.25, 0.3) is 5.91 Å². The Morgan fingerprint density at radius 2 is 2.50 bits per heavy atom. The molecule has 1 atom stereocenters. The van der Waals surface area contributed by atoms with Gasteiger partial charge in [-0.3, -0.25) is 9.21 Å². The normalized spacial score (nSPS) is 24.7. The number of rotatable bonds is 1. The lowest BCUT2D eigenvalue weighted by atomic mass is 10.3. The zero-order chi connectivity index (χ0) is 8.97. The van der Waals surface area contributed by atoms with Crippen molar-refractivity contribution < 1.29 is 9.53 Å². The van der Waals surface area contributed by atoms with Crippen LogP contribution in [-0.2, 0) is 9.53 Å². The summed E-state index contributed by atoms with van der Waals surface area (Å²) in [5, 5.41) is 3.10. The monoisotopic (exact) mass is 192 g/mol. The molecule has 1 aliphatic heterocycles. The number of amides is 1. The Kier molecular flexibility index (Phi) is 3.78. The standard InChI is InChI=1S/C7H13ClN2O2/c1-10(8)7(11)6-5-9-3-2-4-12-6/h6,9H,2-5H2,1H3. The van der Waals surface area contributed by atoms with Gasteiger partial charge < -0.3 is 10.1 Å². The van der Waals surface area contributed by atoms with Crippen LogP contribution in [0.4, 0.5) is 0 Å². The van der Waals surface area contributed by atoms with Gasteiger partial charge in [-0.1, -0.05) is 0 Å². The van der Waals surface area contributed by atoms with Crippen LogP contribution in [0, 0.1) is 0 Å². The van der Waals surface area contributed by atoms with E-state index in [1.165, 1.54) is 7.05 Å². The third-order valence-corrected chi connectivity index (χ3v) is 1.89. The topological polar surface area (TPSA) is 41.6 Å². The fourth-order valence-electron chi connectivity index (χ4n) is 1.07. The van der Waals surface area contributed by atoms with E-state index in [2.05, 4.69) is 5.32 Å². The molecule has 4 nitrogen and oxygen atoms in total. The number of halogens is 1. The molecule has 0 aromatic carbocycles. The highest BCUT2D eigenvalue weighted by molar-refractivity contribution is 6.21. The molecule has 1 rings (SSSR count). The lowest BCUT2D eigenvalue weighted by Gasteiger charge is -2.16. The van der Waals surface area contributed by atoms with Gasteiger partial charge in [0.15, 0.2) is 0 Å². The largest absolute Gasteiger partial charge is 0.367 e. The summed E-state index contributed by atoms with van der Waals surface area (Å²) in [6, 6.07) is 0. The average molecular weight is 193 g/mol. The highest BCUT2D eigenvalue weighted by Gasteiger charge is 2.22. The molecule has 0 aliphatic carbocycles. The first-order valence-corrected chi connectivity index (χ1v) is 4.31. The van der Waals surface area contributed by atoms with Gasteiger partial charge in [0.2, 0.25) is 0 Å². The van der Waals surface area contributed by atoms with Crippen molar-refractivity contribution in [2.45, 2.75) is 12.5 Å². The van der Waals surface area contributed by atoms with E-state index < -0.39 is 6.10 Å². The first-order chi connectivity index (χ1) is 5.72. The van der Waals surface area contributed by atoms with Crippen LogP contribution in [0.1, 0.15) is 6.42 Å². The van der Waals surface area contributed by atoms with Crippen LogP contribution in [0.2, 0.25) is 0 Å². The number of carbonyl (C=O) groups excluding carboxylic acids is 1. The number of nitrogens with one attached hydrogen (secondary N) is 1. The van der Waals surface area contributed by atoms with E-state index in [0.29, 0.717) is 13.2 Å². The van der Waals surface area contributed by atoms with Crippen LogP contribution >= 0.6 is 11.8 Å². The fourth-order valence-corrected chi connectivity index (χ4v) is 1.18. The molecule has 0 saturated carbocycles. The smallest absolute Gasteiger partial charge is 0.267 e. The summed E-state index contributed by atoms with van der Waals surface area (Å²) >= 11 is 5.49. The number of carbonyl (C=O) groups is 1. The van der Waals surface area contributed by atoms with Crippen molar-refractivity contribution in [1.29, 1.82) is 0 Å². The molecule has 1 heterocycles. The number of hydrogen-bond acceptors (Lipinski definition) is 3. The second kappa shape index (κ2) is 4.64. The highest BCUT2D eigenvalue weighted by atomic mass is 35.5. The van der Waals surface area contributed by atoms with Crippen molar-refractivity contribution in [3.8, 4) is 0 Å². The molecule has 1 saturated heterocycles. The number of likely N-dealkylation sites (N-methyl/N-ethyl adjacent to an activating group) is 1. The zero-order valence-electron chi connectivity index (χ0n) is 7.05. The van der Waals surface area contributed by atoms with Crippen LogP contribution in [-0.4, -0.2) is 43.2 Å². The van der Waals surface area contributed by atoms with Crippen LogP contribution in [0.15, 0.2) is 0 Å². The van der Waals surface area contributed by atoms with Crippen molar-refractivity contribution in [3.05, 3.63) is 0 Å². The van der Waals surface area contributed by atoms with E-state index in [0.717, 1.165) is 17.4 Å². The zero-order valence-corrected chi connectivity index (χ0v) is 7.80. The summed E-state index contributed by atoms with van der Waals surface area (Å²) in [4.78, 5) is 11.3. The van der Waals surface area contributed by atoms with Gasteiger partial charge in [-0.25, -0.2) is 0 Å². The van der Waals surface area contributed by atoms with E-state index in [9.17, 15) is 4.79 Å². The summed E-state index contributed by atoms with van der Waals surface area (Å²) in [5.41, 5.74) is 0. The van der Waals surface area contributed by atoms with Crippen molar-refractivity contribution in [3.63, 3.8) is 0 Å². The lowest BCUT2D eigenvalue weighted by molar-refractivity contribution is -0.137. The molecule has 5 heteroatoms. The summed E-state index contributed by atoms with van der Waals surface area (Å²) in [6.45, 7) is 2.07. The van der Waals surface area contributed by atoms with Crippen molar-refractivity contribution >= 4 is 17.7 Å². The van der Waals surface area contributed by atoms with Crippen molar-refractivity contribution in [2.24, 2.45) is 0 Å². The molecule has 1 fully saturated rings. The summed E-state index contributed by atoms with van der Waals surface area (Å²) in [5.74, 6) is -0.189. The Hall–Kier alpha value is -0.320. The van der Waals surface area contributed by atoms with Gasteiger partial charge in [0.05, 0.1) is 0 Å². The third-order valence-electron chi connectivity index (χ3n) is 1.73. The second-order valence-corrected chi connectivity index (χ2v) is 3.24. The van der Waals surface area contributed by atoms with Gasteiger partial charge in [0.1, 0.15) is 6.10 Å². The molecule has 0 radical (unpaired) electrons. The molecule has 0 bridgehead atoms. The number of ether oxygens (including phenoxy) is 1. The minimum atomic E-state index is -0.421. The second-order valence-electron chi connectivity index (χ2n) is 2.73. The summed E-state index contributed by atoms with van der Waals surface area (Å²) in [6.07, 6.45) is 0.519. The molecule has 1 N–H and O–H groups in total. The molecule has 12 heavy (non-hydrogen) atoms. The van der Waals surface area contributed by atoms with Crippen molar-refractivity contribution in [2.75, 3.05) is 26.7 Å². The highest BCUT2D eigenvalue weighted by Crippen LogP contribution is 2.02. The Morgan fingerprint density at radius 3 is 3.17 bits per heavy atom. The molecule has 1 amide bonds. The SMILES string of the molecule is CN(Cl)C(=O)C1CNCCCO1. The predicted octanol–water partition coefficient (Wildman–Crippen LogP) is -0.0229. The minimum absolute atomic E-state index is 0.189. The van der Waals surface area contributed by atoms with E-state index in [1.807, 2.05) is 0 Å². The minimum Gasteiger partial charge on any atom is -0.367 e. The number of hydrogen-bond donors (Lipinski definition) is 1. The van der Waals surface area contributed by atoms with Crippen LogP contribution < -0.4 is 5.32 Å². The molecule has 1 aliphatic rings. The number of nitrogens with zero attached hydrogens (tertiary/aromatic N) is 1. The van der Waals surface area contributed by atoms with E-state index >= 15 is 0 Å². The molecule has 70 valence electrons. The van der Waals surface area contributed by atoms with Crippen molar-refractivity contribution in [1.82, 2.24) is 9.74 Å². The molecule has 0 aromatic heterocycles. The maximum atomic E-state index is 11.3. The summed E-state index contributed by atoms with van der Waals surface area (Å²) in [7, 11) is 1.51. The van der Waals surface area contributed by atoms with Gasteiger partial charge in [-0.2, -0.15) is 0 Å². The molecule has 1 unspecified atom stereocenters. The fraction of sp³-hybridized carbons (Fsp3) is 0.857. The van der Waals surface area contributed by atoms with Gasteiger partial charge in [0, 0.05) is 32.0 Å². The Balaban J connectivity index is 2.43. The van der Waals surface area contributed by atoms with Crippen LogP contribution in [0.5, 0.6) is 0 Å². The van der Waals surface area contributed by atoms with E-state index in [4.69, 9.17) is 16.5 Å². The first-order valence-electron chi connectivity index (χ1n) is 3.97. The molecule has 0 spiro atoms. The first kappa shape index (κ1) is 9.77. The Bertz CT molecular complexity index is 155. The Morgan fingerprint density at radius 1 is 1.75 bits per heavy atom. The molecule has 0 aromatic rings. The van der Waals surface area contributed by atoms with Gasteiger partial charge in [-0.15, -0.1) is 0 Å². The van der Waals surface area contributed by atoms with Crippen LogP contribution in [0.25, 0.3) is 0 Å². The Labute approximate surface area is 76.9 Å². The third kappa shape index (κ3) is 2.62. The average Bonchev–Trinajstić information content (AvgIpc) is 2.30. The predicted molar refractivity (Wildman–Crippen MR) is 45.8 cm³/mol. The van der Waals surface area contributed by atoms with Gasteiger partial charge in [-0.05, 0) is 13.0 Å². The lowest BCUT2D eigenvalue weighted by Crippen LogP contribution is -2.38. The van der Waals surface area contributed by atoms with Crippen LogP contribution in [0.3, 0.4) is 0 Å². The quantitative estimate of drug-likeness (QED) is 0.594. The van der Waals surface area contributed by atoms with E-state index in [1.54, 1.807) is 0 Å². The maximum Gasteiger partial charge on any atom is 0.267 e. The van der Waals surface area contributed by atoms with Gasteiger partial charge >= 0.3 is 0 Å². The maximum absolute atomic E-state index is 11.3. The molecular weight excluding hydrogens is 180 g/mol. The molecular formula is C7H13ClN2O2. The summed E-state index contributed by atoms with van der Waals surface area (Å²) < 4.78 is 6.33. The van der Waals surface area contributed by atoms with E-state index in [-0.39, 0.29) is 5.91 Å².